The molecule has 3 aromatic rings. The van der Waals surface area contributed by atoms with Crippen LogP contribution in [0.25, 0.3) is 5.65 Å². The summed E-state index contributed by atoms with van der Waals surface area (Å²) in [6.07, 6.45) is 12.4. The highest BCUT2D eigenvalue weighted by atomic mass is 16.2. The lowest BCUT2D eigenvalue weighted by molar-refractivity contribution is 0.0723. The van der Waals surface area contributed by atoms with E-state index in [1.54, 1.807) is 12.4 Å². The minimum absolute atomic E-state index is 0.129. The van der Waals surface area contributed by atoms with Gasteiger partial charge in [0.2, 0.25) is 0 Å². The quantitative estimate of drug-likeness (QED) is 0.658. The summed E-state index contributed by atoms with van der Waals surface area (Å²) >= 11 is 0. The summed E-state index contributed by atoms with van der Waals surface area (Å²) in [5.74, 6) is 0.330. The van der Waals surface area contributed by atoms with Crippen LogP contribution in [-0.2, 0) is 0 Å². The molecule has 172 valence electrons. The van der Waals surface area contributed by atoms with Crippen LogP contribution in [-0.4, -0.2) is 48.7 Å². The Kier molecular flexibility index (Phi) is 5.83. The highest BCUT2D eigenvalue weighted by Gasteiger charge is 2.35. The monoisotopic (exact) mass is 446 g/mol. The van der Waals surface area contributed by atoms with E-state index >= 15 is 0 Å². The average molecular weight is 447 g/mol. The second-order valence-corrected chi connectivity index (χ2v) is 9.23. The predicted molar refractivity (Wildman–Crippen MR) is 124 cm³/mol. The molecule has 2 fully saturated rings. The molecular weight excluding hydrogens is 416 g/mol. The van der Waals surface area contributed by atoms with Gasteiger partial charge in [0.05, 0.1) is 17.3 Å². The average Bonchev–Trinajstić information content (AvgIpc) is 3.47. The van der Waals surface area contributed by atoms with Crippen LogP contribution in [0.1, 0.15) is 88.9 Å². The van der Waals surface area contributed by atoms with Gasteiger partial charge < -0.3 is 14.6 Å². The summed E-state index contributed by atoms with van der Waals surface area (Å²) in [5, 5.41) is 3.18. The molecule has 0 radical (unpaired) electrons. The highest BCUT2D eigenvalue weighted by molar-refractivity contribution is 5.96. The van der Waals surface area contributed by atoms with Crippen molar-refractivity contribution in [3.05, 3.63) is 59.1 Å². The number of carbonyl (C=O) groups is 2. The van der Waals surface area contributed by atoms with Crippen LogP contribution in [0.2, 0.25) is 0 Å². The third-order valence-electron chi connectivity index (χ3n) is 6.85. The number of likely N-dealkylation sites (tertiary alicyclic amines) is 1. The van der Waals surface area contributed by atoms with Crippen molar-refractivity contribution in [2.75, 3.05) is 6.54 Å². The number of nitrogens with one attached hydrogen (secondary N) is 1. The van der Waals surface area contributed by atoms with Crippen LogP contribution in [0.15, 0.2) is 30.7 Å². The number of carbonyl (C=O) groups excluding carboxylic acids is 2. The number of nitrogens with zero attached hydrogens (tertiary/aromatic N) is 5. The summed E-state index contributed by atoms with van der Waals surface area (Å²) in [6.45, 7) is 4.41. The molecule has 0 unspecified atom stereocenters. The molecule has 1 aliphatic heterocycles. The maximum absolute atomic E-state index is 13.5. The highest BCUT2D eigenvalue weighted by Crippen LogP contribution is 2.34. The molecular formula is C25H30N6O2. The first-order valence-electron chi connectivity index (χ1n) is 11.9. The van der Waals surface area contributed by atoms with E-state index in [-0.39, 0.29) is 23.9 Å². The predicted octanol–water partition coefficient (Wildman–Crippen LogP) is 3.78. The molecule has 3 aromatic heterocycles. The lowest BCUT2D eigenvalue weighted by Crippen LogP contribution is -2.38. The molecule has 5 rings (SSSR count). The number of pyridine rings is 1. The summed E-state index contributed by atoms with van der Waals surface area (Å²) < 4.78 is 1.88. The number of amides is 2. The number of aromatic nitrogens is 4. The van der Waals surface area contributed by atoms with Gasteiger partial charge in [-0.2, -0.15) is 0 Å². The minimum Gasteiger partial charge on any atom is -0.349 e. The smallest absolute Gasteiger partial charge is 0.274 e. The SMILES string of the molecule is Cc1ncc(C(=O)NC2CCCCC2)c([C@@H]2CCCN2C(=O)c2cn3cccc(C)c3n2)n1. The normalized spacial score (nSPS) is 19.2. The van der Waals surface area contributed by atoms with Crippen molar-refractivity contribution in [3.63, 3.8) is 0 Å². The minimum atomic E-state index is -0.266. The molecule has 33 heavy (non-hydrogen) atoms. The van der Waals surface area contributed by atoms with Gasteiger partial charge in [-0.25, -0.2) is 15.0 Å². The maximum atomic E-state index is 13.5. The fourth-order valence-corrected chi connectivity index (χ4v) is 5.12. The van der Waals surface area contributed by atoms with Crippen LogP contribution in [0.3, 0.4) is 0 Å². The third-order valence-corrected chi connectivity index (χ3v) is 6.85. The van der Waals surface area contributed by atoms with E-state index < -0.39 is 0 Å². The molecule has 1 saturated heterocycles. The van der Waals surface area contributed by atoms with Crippen LogP contribution in [0, 0.1) is 13.8 Å². The molecule has 0 spiro atoms. The summed E-state index contributed by atoms with van der Waals surface area (Å²) in [4.78, 5) is 42.1. The number of fused-ring (bicyclic) bond motifs is 1. The molecule has 8 nitrogen and oxygen atoms in total. The standard InChI is InChI=1S/C25H30N6O2/c1-16-8-6-12-30-15-20(29-23(16)30)25(33)31-13-7-11-21(31)22-19(14-26-17(2)27-22)24(32)28-18-9-4-3-5-10-18/h6,8,12,14-15,18,21H,3-5,7,9-11,13H2,1-2H3,(H,28,32)/t21-/m0/s1. The van der Waals surface area contributed by atoms with Gasteiger partial charge in [0.1, 0.15) is 17.2 Å². The van der Waals surface area contributed by atoms with Gasteiger partial charge in [0.15, 0.2) is 0 Å². The molecule has 8 heteroatoms. The van der Waals surface area contributed by atoms with Gasteiger partial charge >= 0.3 is 0 Å². The Morgan fingerprint density at radius 1 is 1.06 bits per heavy atom. The Hall–Kier alpha value is -3.29. The van der Waals surface area contributed by atoms with E-state index in [1.807, 2.05) is 41.5 Å². The zero-order valence-corrected chi connectivity index (χ0v) is 19.3. The van der Waals surface area contributed by atoms with Crippen LogP contribution >= 0.6 is 0 Å². The van der Waals surface area contributed by atoms with Crippen LogP contribution in [0.5, 0.6) is 0 Å². The number of aryl methyl sites for hydroxylation is 2. The van der Waals surface area contributed by atoms with Crippen molar-refractivity contribution in [1.29, 1.82) is 0 Å². The Balaban J connectivity index is 1.44. The molecule has 1 N–H and O–H groups in total. The van der Waals surface area contributed by atoms with Crippen molar-refractivity contribution in [2.24, 2.45) is 0 Å². The lowest BCUT2D eigenvalue weighted by atomic mass is 9.95. The molecule has 1 atom stereocenters. The Labute approximate surface area is 193 Å². The van der Waals surface area contributed by atoms with E-state index in [9.17, 15) is 9.59 Å². The molecule has 4 heterocycles. The first kappa shape index (κ1) is 21.6. The molecule has 0 aromatic carbocycles. The Morgan fingerprint density at radius 3 is 2.67 bits per heavy atom. The summed E-state index contributed by atoms with van der Waals surface area (Å²) in [7, 11) is 0. The van der Waals surface area contributed by atoms with Gasteiger partial charge in [0.25, 0.3) is 11.8 Å². The zero-order chi connectivity index (χ0) is 22.9. The first-order valence-corrected chi connectivity index (χ1v) is 11.9. The Bertz CT molecular complexity index is 1200. The van der Waals surface area contributed by atoms with E-state index in [4.69, 9.17) is 0 Å². The molecule has 1 saturated carbocycles. The van der Waals surface area contributed by atoms with Gasteiger partial charge in [-0.3, -0.25) is 9.59 Å². The zero-order valence-electron chi connectivity index (χ0n) is 19.3. The van der Waals surface area contributed by atoms with Crippen molar-refractivity contribution >= 4 is 17.5 Å². The van der Waals surface area contributed by atoms with Crippen molar-refractivity contribution < 1.29 is 9.59 Å². The second-order valence-electron chi connectivity index (χ2n) is 9.23. The van der Waals surface area contributed by atoms with Crippen molar-refractivity contribution in [1.82, 2.24) is 29.6 Å². The number of rotatable bonds is 4. The van der Waals surface area contributed by atoms with Gasteiger partial charge in [-0.1, -0.05) is 25.3 Å². The van der Waals surface area contributed by atoms with Crippen LogP contribution < -0.4 is 5.32 Å². The maximum Gasteiger partial charge on any atom is 0.274 e. The number of imidazole rings is 1. The van der Waals surface area contributed by atoms with Gasteiger partial charge in [-0.05, 0) is 51.2 Å². The van der Waals surface area contributed by atoms with E-state index in [2.05, 4.69) is 20.3 Å². The fourth-order valence-electron chi connectivity index (χ4n) is 5.12. The molecule has 2 amide bonds. The first-order chi connectivity index (χ1) is 16.0. The second kappa shape index (κ2) is 8.92. The largest absolute Gasteiger partial charge is 0.349 e. The van der Waals surface area contributed by atoms with Gasteiger partial charge in [0, 0.05) is 31.2 Å². The fraction of sp³-hybridized carbons (Fsp3) is 0.480. The van der Waals surface area contributed by atoms with E-state index in [1.165, 1.54) is 6.42 Å². The van der Waals surface area contributed by atoms with Crippen molar-refractivity contribution in [3.8, 4) is 0 Å². The summed E-state index contributed by atoms with van der Waals surface area (Å²) in [5.41, 5.74) is 3.32. The molecule has 2 aliphatic rings. The number of hydrogen-bond acceptors (Lipinski definition) is 5. The third kappa shape index (κ3) is 4.21. The molecule has 1 aliphatic carbocycles. The number of hydrogen-bond donors (Lipinski definition) is 1. The van der Waals surface area contributed by atoms with Gasteiger partial charge in [-0.15, -0.1) is 0 Å². The summed E-state index contributed by atoms with van der Waals surface area (Å²) in [6, 6.07) is 3.86. The Morgan fingerprint density at radius 2 is 1.88 bits per heavy atom. The van der Waals surface area contributed by atoms with E-state index in [0.29, 0.717) is 29.3 Å². The van der Waals surface area contributed by atoms with E-state index in [0.717, 1.165) is 49.7 Å². The van der Waals surface area contributed by atoms with Crippen LogP contribution in [0.4, 0.5) is 0 Å². The lowest BCUT2D eigenvalue weighted by Gasteiger charge is -2.26. The molecule has 0 bridgehead atoms. The topological polar surface area (TPSA) is 92.5 Å². The van der Waals surface area contributed by atoms with Crippen molar-refractivity contribution in [2.45, 2.75) is 70.9 Å².